The summed E-state index contributed by atoms with van der Waals surface area (Å²) in [6.45, 7) is 8.20. The predicted octanol–water partition coefficient (Wildman–Crippen LogP) is 1.35. The van der Waals surface area contributed by atoms with Gasteiger partial charge < -0.3 is 15.1 Å². The minimum absolute atomic E-state index is 0.0377. The highest BCUT2D eigenvalue weighted by Crippen LogP contribution is 2.17. The Morgan fingerprint density at radius 3 is 2.20 bits per heavy atom. The van der Waals surface area contributed by atoms with Crippen molar-refractivity contribution < 1.29 is 10.2 Å². The summed E-state index contributed by atoms with van der Waals surface area (Å²) in [4.78, 5) is 2.20. The Bertz CT molecular complexity index is 158. The predicted molar refractivity (Wildman–Crippen MR) is 63.8 cm³/mol. The molecule has 0 spiro atoms. The Labute approximate surface area is 94.1 Å². The van der Waals surface area contributed by atoms with Crippen LogP contribution in [0.15, 0.2) is 0 Å². The van der Waals surface area contributed by atoms with Gasteiger partial charge in [-0.1, -0.05) is 27.2 Å². The second-order valence-electron chi connectivity index (χ2n) is 5.22. The number of aliphatic hydroxyl groups excluding tert-OH is 2. The molecule has 0 fully saturated rings. The minimum Gasteiger partial charge on any atom is -0.396 e. The molecular formula is C12H27NO2. The van der Waals surface area contributed by atoms with Gasteiger partial charge in [-0.3, -0.25) is 0 Å². The highest BCUT2D eigenvalue weighted by Gasteiger charge is 2.24. The zero-order valence-corrected chi connectivity index (χ0v) is 10.7. The van der Waals surface area contributed by atoms with E-state index < -0.39 is 0 Å². The lowest BCUT2D eigenvalue weighted by molar-refractivity contribution is 0.0386. The first-order valence-electron chi connectivity index (χ1n) is 5.87. The van der Waals surface area contributed by atoms with Gasteiger partial charge in [-0.15, -0.1) is 0 Å². The van der Waals surface area contributed by atoms with Crippen LogP contribution in [0.5, 0.6) is 0 Å². The summed E-state index contributed by atoms with van der Waals surface area (Å²) in [5, 5.41) is 18.4. The van der Waals surface area contributed by atoms with E-state index in [1.807, 2.05) is 6.92 Å². The second kappa shape index (κ2) is 7.20. The summed E-state index contributed by atoms with van der Waals surface area (Å²) in [6, 6.07) is 0. The van der Waals surface area contributed by atoms with Crippen molar-refractivity contribution in [3.05, 3.63) is 0 Å². The first-order valence-corrected chi connectivity index (χ1v) is 5.87. The lowest BCUT2D eigenvalue weighted by atomic mass is 9.92. The molecule has 0 radical (unpaired) electrons. The van der Waals surface area contributed by atoms with Crippen LogP contribution in [0.3, 0.4) is 0 Å². The maximum Gasteiger partial charge on any atom is 0.0519 e. The van der Waals surface area contributed by atoms with Gasteiger partial charge in [-0.25, -0.2) is 0 Å². The van der Waals surface area contributed by atoms with Crippen molar-refractivity contribution in [3.8, 4) is 0 Å². The Hall–Kier alpha value is -0.120. The van der Waals surface area contributed by atoms with Crippen LogP contribution in [0.1, 0.15) is 33.6 Å². The van der Waals surface area contributed by atoms with Gasteiger partial charge in [-0.05, 0) is 19.4 Å². The van der Waals surface area contributed by atoms with Crippen molar-refractivity contribution >= 4 is 0 Å². The summed E-state index contributed by atoms with van der Waals surface area (Å²) >= 11 is 0. The minimum atomic E-state index is -0.374. The van der Waals surface area contributed by atoms with E-state index in [4.69, 9.17) is 0 Å². The van der Waals surface area contributed by atoms with Crippen LogP contribution in [-0.4, -0.2) is 48.5 Å². The Morgan fingerprint density at radius 1 is 1.27 bits per heavy atom. The third-order valence-corrected chi connectivity index (χ3v) is 2.82. The lowest BCUT2D eigenvalue weighted by Crippen LogP contribution is -2.40. The number of aliphatic hydroxyl groups is 2. The zero-order valence-electron chi connectivity index (χ0n) is 10.7. The molecule has 3 nitrogen and oxygen atoms in total. The maximum absolute atomic E-state index is 9.18. The lowest BCUT2D eigenvalue weighted by Gasteiger charge is -2.31. The number of hydrogen-bond donors (Lipinski definition) is 2. The molecule has 0 saturated carbocycles. The number of nitrogens with zero attached hydrogens (tertiary/aromatic N) is 1. The molecule has 0 rings (SSSR count). The zero-order chi connectivity index (χ0) is 11.9. The number of rotatable bonds is 8. The van der Waals surface area contributed by atoms with Crippen molar-refractivity contribution in [3.63, 3.8) is 0 Å². The first-order chi connectivity index (χ1) is 6.97. The molecule has 0 heterocycles. The summed E-state index contributed by atoms with van der Waals surface area (Å²) in [7, 11) is 2.05. The van der Waals surface area contributed by atoms with Crippen LogP contribution in [0.25, 0.3) is 0 Å². The highest BCUT2D eigenvalue weighted by atomic mass is 16.3. The van der Waals surface area contributed by atoms with Gasteiger partial charge in [0, 0.05) is 18.5 Å². The fraction of sp³-hybridized carbons (Fsp3) is 1.00. The third-order valence-electron chi connectivity index (χ3n) is 2.82. The van der Waals surface area contributed by atoms with Crippen LogP contribution < -0.4 is 0 Å². The van der Waals surface area contributed by atoms with Crippen molar-refractivity contribution in [1.82, 2.24) is 4.90 Å². The molecule has 0 bridgehead atoms. The fourth-order valence-electron chi connectivity index (χ4n) is 1.98. The van der Waals surface area contributed by atoms with E-state index in [0.29, 0.717) is 5.92 Å². The van der Waals surface area contributed by atoms with Crippen molar-refractivity contribution in [1.29, 1.82) is 0 Å². The quantitative estimate of drug-likeness (QED) is 0.645. The summed E-state index contributed by atoms with van der Waals surface area (Å²) in [6.07, 6.45) is 2.45. The molecule has 0 aromatic rings. The molecule has 1 unspecified atom stereocenters. The van der Waals surface area contributed by atoms with E-state index in [1.54, 1.807) is 0 Å². The van der Waals surface area contributed by atoms with Gasteiger partial charge in [0.25, 0.3) is 0 Å². The highest BCUT2D eigenvalue weighted by molar-refractivity contribution is 4.76. The van der Waals surface area contributed by atoms with Gasteiger partial charge >= 0.3 is 0 Å². The first kappa shape index (κ1) is 14.9. The molecule has 2 N–H and O–H groups in total. The molecule has 0 aliphatic rings. The maximum atomic E-state index is 9.18. The molecule has 1 atom stereocenters. The molecular weight excluding hydrogens is 190 g/mol. The second-order valence-corrected chi connectivity index (χ2v) is 5.22. The van der Waals surface area contributed by atoms with E-state index in [-0.39, 0.29) is 18.6 Å². The van der Waals surface area contributed by atoms with Crippen LogP contribution >= 0.6 is 0 Å². The van der Waals surface area contributed by atoms with Gasteiger partial charge in [0.05, 0.1) is 13.2 Å². The smallest absolute Gasteiger partial charge is 0.0519 e. The third kappa shape index (κ3) is 6.13. The van der Waals surface area contributed by atoms with Crippen molar-refractivity contribution in [2.45, 2.75) is 33.6 Å². The molecule has 0 aromatic heterocycles. The molecule has 0 aliphatic carbocycles. The molecule has 0 saturated heterocycles. The van der Waals surface area contributed by atoms with E-state index in [0.717, 1.165) is 13.1 Å². The fourth-order valence-corrected chi connectivity index (χ4v) is 1.98. The van der Waals surface area contributed by atoms with E-state index >= 15 is 0 Å². The monoisotopic (exact) mass is 217 g/mol. The van der Waals surface area contributed by atoms with Crippen LogP contribution in [-0.2, 0) is 0 Å². The Kier molecular flexibility index (Phi) is 7.14. The SMILES string of the molecule is CCCC(C)CN(C)CC(C)(CO)CO. The Morgan fingerprint density at radius 2 is 1.80 bits per heavy atom. The average molecular weight is 217 g/mol. The summed E-state index contributed by atoms with van der Waals surface area (Å²) in [5.41, 5.74) is -0.374. The van der Waals surface area contributed by atoms with Crippen LogP contribution in [0.2, 0.25) is 0 Å². The molecule has 0 aliphatic heterocycles. The van der Waals surface area contributed by atoms with E-state index in [2.05, 4.69) is 25.8 Å². The molecule has 0 amide bonds. The van der Waals surface area contributed by atoms with Gasteiger partial charge in [-0.2, -0.15) is 0 Å². The van der Waals surface area contributed by atoms with E-state index in [1.165, 1.54) is 12.8 Å². The Balaban J connectivity index is 3.95. The largest absolute Gasteiger partial charge is 0.396 e. The molecule has 15 heavy (non-hydrogen) atoms. The topological polar surface area (TPSA) is 43.7 Å². The number of hydrogen-bond acceptors (Lipinski definition) is 3. The standard InChI is InChI=1S/C12H27NO2/c1-5-6-11(2)7-13(4)8-12(3,9-14)10-15/h11,14-15H,5-10H2,1-4H3. The summed E-state index contributed by atoms with van der Waals surface area (Å²) in [5.74, 6) is 0.682. The molecule has 92 valence electrons. The van der Waals surface area contributed by atoms with Crippen molar-refractivity contribution in [2.24, 2.45) is 11.3 Å². The normalized spacial score (nSPS) is 14.6. The molecule has 0 aromatic carbocycles. The van der Waals surface area contributed by atoms with Gasteiger partial charge in [0.15, 0.2) is 0 Å². The van der Waals surface area contributed by atoms with E-state index in [9.17, 15) is 10.2 Å². The molecule has 3 heteroatoms. The average Bonchev–Trinajstić information content (AvgIpc) is 2.17. The van der Waals surface area contributed by atoms with Crippen LogP contribution in [0, 0.1) is 11.3 Å². The summed E-state index contributed by atoms with van der Waals surface area (Å²) < 4.78 is 0. The van der Waals surface area contributed by atoms with Crippen molar-refractivity contribution in [2.75, 3.05) is 33.4 Å². The van der Waals surface area contributed by atoms with Crippen LogP contribution in [0.4, 0.5) is 0 Å². The van der Waals surface area contributed by atoms with Gasteiger partial charge in [0.1, 0.15) is 0 Å². The van der Waals surface area contributed by atoms with Gasteiger partial charge in [0.2, 0.25) is 0 Å².